The van der Waals surface area contributed by atoms with Crippen LogP contribution in [0.3, 0.4) is 0 Å². The van der Waals surface area contributed by atoms with Gasteiger partial charge in [0.05, 0.1) is 17.8 Å². The number of alkyl halides is 3. The Hall–Kier alpha value is -3.03. The molecular formula is C20H21F3N2O3. The fourth-order valence-electron chi connectivity index (χ4n) is 2.58. The molecule has 0 saturated carbocycles. The Balaban J connectivity index is 1.97. The van der Waals surface area contributed by atoms with Gasteiger partial charge in [-0.1, -0.05) is 24.3 Å². The van der Waals surface area contributed by atoms with Crippen molar-refractivity contribution in [3.8, 4) is 5.75 Å². The van der Waals surface area contributed by atoms with Crippen LogP contribution in [0.1, 0.15) is 18.1 Å². The summed E-state index contributed by atoms with van der Waals surface area (Å²) in [6.07, 6.45) is -5.45. The van der Waals surface area contributed by atoms with E-state index >= 15 is 0 Å². The van der Waals surface area contributed by atoms with Gasteiger partial charge >= 0.3 is 6.18 Å². The van der Waals surface area contributed by atoms with E-state index in [0.29, 0.717) is 5.75 Å². The number of nitrogens with zero attached hydrogens (tertiary/aromatic N) is 1. The topological polar surface area (TPSA) is 58.6 Å². The van der Waals surface area contributed by atoms with Crippen molar-refractivity contribution in [2.75, 3.05) is 18.9 Å². The van der Waals surface area contributed by atoms with Crippen LogP contribution in [0.2, 0.25) is 0 Å². The third-order valence-corrected chi connectivity index (χ3v) is 3.91. The molecule has 8 heteroatoms. The molecule has 150 valence electrons. The number of ether oxygens (including phenoxy) is 1. The van der Waals surface area contributed by atoms with E-state index in [4.69, 9.17) is 4.74 Å². The summed E-state index contributed by atoms with van der Waals surface area (Å²) in [7, 11) is 1.38. The van der Waals surface area contributed by atoms with Crippen molar-refractivity contribution < 1.29 is 27.5 Å². The Morgan fingerprint density at radius 3 is 2.46 bits per heavy atom. The van der Waals surface area contributed by atoms with E-state index in [1.807, 2.05) is 13.0 Å². The average molecular weight is 394 g/mol. The third kappa shape index (κ3) is 5.73. The monoisotopic (exact) mass is 394 g/mol. The van der Waals surface area contributed by atoms with Crippen LogP contribution >= 0.6 is 0 Å². The summed E-state index contributed by atoms with van der Waals surface area (Å²) in [5.74, 6) is -0.700. The first-order valence-corrected chi connectivity index (χ1v) is 8.52. The molecule has 5 nitrogen and oxygen atoms in total. The average Bonchev–Trinajstić information content (AvgIpc) is 2.60. The van der Waals surface area contributed by atoms with Crippen molar-refractivity contribution in [3.05, 3.63) is 59.7 Å². The highest BCUT2D eigenvalue weighted by atomic mass is 19.4. The number of likely N-dealkylation sites (N-methyl/N-ethyl adjacent to an activating group) is 1. The number of nitrogens with one attached hydrogen (secondary N) is 1. The lowest BCUT2D eigenvalue weighted by atomic mass is 10.1. The second-order valence-corrected chi connectivity index (χ2v) is 6.36. The zero-order valence-electron chi connectivity index (χ0n) is 15.7. The summed E-state index contributed by atoms with van der Waals surface area (Å²) in [5, 5.41) is 2.21. The van der Waals surface area contributed by atoms with Gasteiger partial charge in [0.15, 0.2) is 6.10 Å². The summed E-state index contributed by atoms with van der Waals surface area (Å²) >= 11 is 0. The van der Waals surface area contributed by atoms with Crippen LogP contribution in [0.25, 0.3) is 0 Å². The summed E-state index contributed by atoms with van der Waals surface area (Å²) in [5.41, 5.74) is -0.341. The van der Waals surface area contributed by atoms with E-state index in [2.05, 4.69) is 5.32 Å². The van der Waals surface area contributed by atoms with Crippen LogP contribution in [-0.2, 0) is 15.8 Å². The molecule has 2 aromatic rings. The molecule has 2 rings (SSSR count). The van der Waals surface area contributed by atoms with Gasteiger partial charge in [0.25, 0.3) is 5.91 Å². The Morgan fingerprint density at radius 1 is 1.14 bits per heavy atom. The SMILES string of the molecule is Cc1cccc(OC(C)C(=O)N(C)CC(=O)Nc2ccccc2C(F)(F)F)c1. The molecule has 0 aliphatic carbocycles. The molecule has 2 aromatic carbocycles. The largest absolute Gasteiger partial charge is 0.481 e. The predicted molar refractivity (Wildman–Crippen MR) is 99.0 cm³/mol. The van der Waals surface area contributed by atoms with Crippen molar-refractivity contribution in [2.45, 2.75) is 26.1 Å². The summed E-state index contributed by atoms with van der Waals surface area (Å²) in [6.45, 7) is 3.01. The summed E-state index contributed by atoms with van der Waals surface area (Å²) in [4.78, 5) is 25.6. The Kier molecular flexibility index (Phi) is 6.66. The van der Waals surface area contributed by atoms with E-state index in [1.165, 1.54) is 26.1 Å². The Morgan fingerprint density at radius 2 is 1.82 bits per heavy atom. The van der Waals surface area contributed by atoms with Gasteiger partial charge in [0, 0.05) is 7.05 Å². The molecule has 0 saturated heterocycles. The van der Waals surface area contributed by atoms with Crippen molar-refractivity contribution >= 4 is 17.5 Å². The van der Waals surface area contributed by atoms with E-state index < -0.39 is 36.2 Å². The van der Waals surface area contributed by atoms with E-state index in [-0.39, 0.29) is 5.69 Å². The van der Waals surface area contributed by atoms with E-state index in [0.717, 1.165) is 22.6 Å². The molecule has 1 N–H and O–H groups in total. The lowest BCUT2D eigenvalue weighted by Crippen LogP contribution is -2.42. The van der Waals surface area contributed by atoms with Gasteiger partial charge < -0.3 is 15.0 Å². The summed E-state index contributed by atoms with van der Waals surface area (Å²) < 4.78 is 44.6. The first kappa shape index (κ1) is 21.3. The van der Waals surface area contributed by atoms with Gasteiger partial charge in [-0.05, 0) is 43.7 Å². The number of para-hydroxylation sites is 1. The Labute approximate surface area is 161 Å². The number of amides is 2. The molecule has 0 aromatic heterocycles. The molecule has 0 aliphatic heterocycles. The standard InChI is InChI=1S/C20H21F3N2O3/c1-13-7-6-8-15(11-13)28-14(2)19(27)25(3)12-18(26)24-17-10-5-4-9-16(17)20(21,22)23/h4-11,14H,12H2,1-3H3,(H,24,26). The number of hydrogen-bond acceptors (Lipinski definition) is 3. The molecular weight excluding hydrogens is 373 g/mol. The first-order chi connectivity index (χ1) is 13.1. The number of carbonyl (C=O) groups is 2. The minimum absolute atomic E-state index is 0.357. The second-order valence-electron chi connectivity index (χ2n) is 6.36. The molecule has 0 heterocycles. The number of benzene rings is 2. The van der Waals surface area contributed by atoms with Crippen LogP contribution in [0.4, 0.5) is 18.9 Å². The maximum absolute atomic E-state index is 13.0. The molecule has 0 radical (unpaired) electrons. The Bertz CT molecular complexity index is 853. The van der Waals surface area contributed by atoms with Crippen molar-refractivity contribution in [3.63, 3.8) is 0 Å². The zero-order chi connectivity index (χ0) is 20.9. The highest BCUT2D eigenvalue weighted by Gasteiger charge is 2.33. The second kappa shape index (κ2) is 8.77. The number of anilines is 1. The van der Waals surface area contributed by atoms with Crippen LogP contribution in [0.5, 0.6) is 5.75 Å². The van der Waals surface area contributed by atoms with Crippen LogP contribution in [0, 0.1) is 6.92 Å². The predicted octanol–water partition coefficient (Wildman–Crippen LogP) is 3.88. The van der Waals surface area contributed by atoms with Gasteiger partial charge in [0.1, 0.15) is 5.75 Å². The van der Waals surface area contributed by atoms with Crippen molar-refractivity contribution in [1.82, 2.24) is 4.90 Å². The fourth-order valence-corrected chi connectivity index (χ4v) is 2.58. The molecule has 28 heavy (non-hydrogen) atoms. The minimum atomic E-state index is -4.60. The molecule has 0 fully saturated rings. The third-order valence-electron chi connectivity index (χ3n) is 3.91. The lowest BCUT2D eigenvalue weighted by Gasteiger charge is -2.22. The first-order valence-electron chi connectivity index (χ1n) is 8.52. The molecule has 0 bridgehead atoms. The number of halogens is 3. The van der Waals surface area contributed by atoms with E-state index in [9.17, 15) is 22.8 Å². The smallest absolute Gasteiger partial charge is 0.418 e. The lowest BCUT2D eigenvalue weighted by molar-refractivity contribution is -0.139. The highest BCUT2D eigenvalue weighted by molar-refractivity contribution is 5.95. The number of rotatable bonds is 6. The van der Waals surface area contributed by atoms with Crippen molar-refractivity contribution in [2.24, 2.45) is 0 Å². The van der Waals surface area contributed by atoms with Crippen LogP contribution in [-0.4, -0.2) is 36.4 Å². The molecule has 0 spiro atoms. The quantitative estimate of drug-likeness (QED) is 0.809. The van der Waals surface area contributed by atoms with Gasteiger partial charge in [0.2, 0.25) is 5.91 Å². The number of hydrogen-bond donors (Lipinski definition) is 1. The molecule has 2 amide bonds. The maximum atomic E-state index is 13.0. The molecule has 0 aliphatic rings. The van der Waals surface area contributed by atoms with Gasteiger partial charge in [-0.15, -0.1) is 0 Å². The molecule has 1 atom stereocenters. The summed E-state index contributed by atoms with van der Waals surface area (Å²) in [6, 6.07) is 11.8. The van der Waals surface area contributed by atoms with Crippen molar-refractivity contribution in [1.29, 1.82) is 0 Å². The molecule has 1 unspecified atom stereocenters. The van der Waals surface area contributed by atoms with Gasteiger partial charge in [-0.2, -0.15) is 13.2 Å². The normalized spacial score (nSPS) is 12.2. The minimum Gasteiger partial charge on any atom is -0.481 e. The zero-order valence-corrected chi connectivity index (χ0v) is 15.7. The number of aryl methyl sites for hydroxylation is 1. The fraction of sp³-hybridized carbons (Fsp3) is 0.300. The van der Waals surface area contributed by atoms with Crippen LogP contribution in [0.15, 0.2) is 48.5 Å². The van der Waals surface area contributed by atoms with E-state index in [1.54, 1.807) is 18.2 Å². The highest BCUT2D eigenvalue weighted by Crippen LogP contribution is 2.34. The van der Waals surface area contributed by atoms with Crippen LogP contribution < -0.4 is 10.1 Å². The van der Waals surface area contributed by atoms with Gasteiger partial charge in [-0.3, -0.25) is 9.59 Å². The maximum Gasteiger partial charge on any atom is 0.418 e. The number of carbonyl (C=O) groups excluding carboxylic acids is 2. The van der Waals surface area contributed by atoms with Gasteiger partial charge in [-0.25, -0.2) is 0 Å².